The van der Waals surface area contributed by atoms with Gasteiger partial charge in [0.2, 0.25) is 17.7 Å². The zero-order valence-electron chi connectivity index (χ0n) is 19.6. The van der Waals surface area contributed by atoms with Gasteiger partial charge in [-0.05, 0) is 24.8 Å². The van der Waals surface area contributed by atoms with Crippen molar-refractivity contribution in [3.8, 4) is 0 Å². The Hall–Kier alpha value is -3.47. The summed E-state index contributed by atoms with van der Waals surface area (Å²) in [6.45, 7) is 4.99. The van der Waals surface area contributed by atoms with E-state index >= 15 is 0 Å². The summed E-state index contributed by atoms with van der Waals surface area (Å²) in [6, 6.07) is 4.55. The number of nitrogens with one attached hydrogen (secondary N) is 3. The van der Waals surface area contributed by atoms with Crippen LogP contribution in [0.15, 0.2) is 30.3 Å². The lowest BCUT2D eigenvalue weighted by molar-refractivity contribution is -0.143. The number of benzene rings is 1. The van der Waals surface area contributed by atoms with Gasteiger partial charge >= 0.3 is 11.9 Å². The molecule has 0 saturated heterocycles. The van der Waals surface area contributed by atoms with Crippen LogP contribution in [0.1, 0.15) is 45.6 Å². The van der Waals surface area contributed by atoms with Gasteiger partial charge in [0.15, 0.2) is 0 Å². The van der Waals surface area contributed by atoms with E-state index < -0.39 is 60.2 Å². The molecule has 11 nitrogen and oxygen atoms in total. The third-order valence-electron chi connectivity index (χ3n) is 5.38. The van der Waals surface area contributed by atoms with E-state index in [4.69, 9.17) is 10.8 Å². The monoisotopic (exact) mass is 478 g/mol. The molecule has 1 aromatic carbocycles. The van der Waals surface area contributed by atoms with Crippen LogP contribution in [0, 0.1) is 5.92 Å². The summed E-state index contributed by atoms with van der Waals surface area (Å²) in [5, 5.41) is 25.7. The molecule has 0 heterocycles. The summed E-state index contributed by atoms with van der Waals surface area (Å²) in [6.07, 6.45) is -0.115. The Morgan fingerprint density at radius 1 is 0.882 bits per heavy atom. The summed E-state index contributed by atoms with van der Waals surface area (Å²) < 4.78 is 0. The number of hydrogen-bond donors (Lipinski definition) is 6. The van der Waals surface area contributed by atoms with Crippen LogP contribution in [0.5, 0.6) is 0 Å². The highest BCUT2D eigenvalue weighted by molar-refractivity contribution is 5.94. The minimum atomic E-state index is -1.43. The van der Waals surface area contributed by atoms with Crippen molar-refractivity contribution < 1.29 is 34.2 Å². The molecule has 11 heteroatoms. The number of hydrogen-bond acceptors (Lipinski definition) is 6. The van der Waals surface area contributed by atoms with Gasteiger partial charge in [0.05, 0.1) is 6.04 Å². The van der Waals surface area contributed by atoms with Crippen LogP contribution in [-0.2, 0) is 30.4 Å². The topological polar surface area (TPSA) is 188 Å². The first-order chi connectivity index (χ1) is 16.0. The van der Waals surface area contributed by atoms with Crippen molar-refractivity contribution in [2.45, 2.75) is 70.6 Å². The van der Waals surface area contributed by atoms with Crippen LogP contribution in [0.25, 0.3) is 0 Å². The summed E-state index contributed by atoms with van der Waals surface area (Å²) in [5.74, 6) is -4.87. The van der Waals surface area contributed by atoms with Gasteiger partial charge in [-0.1, -0.05) is 50.6 Å². The Balaban J connectivity index is 3.07. The predicted molar refractivity (Wildman–Crippen MR) is 124 cm³/mol. The van der Waals surface area contributed by atoms with Crippen molar-refractivity contribution in [2.24, 2.45) is 11.7 Å². The molecule has 1 aromatic rings. The van der Waals surface area contributed by atoms with E-state index in [1.54, 1.807) is 38.1 Å². The smallest absolute Gasteiger partial charge is 0.326 e. The molecule has 5 unspecified atom stereocenters. The van der Waals surface area contributed by atoms with Gasteiger partial charge in [0.25, 0.3) is 0 Å². The number of aliphatic carboxylic acids is 2. The molecule has 1 rings (SSSR count). The quantitative estimate of drug-likeness (QED) is 0.216. The van der Waals surface area contributed by atoms with Crippen LogP contribution in [-0.4, -0.2) is 64.0 Å². The maximum absolute atomic E-state index is 13.1. The van der Waals surface area contributed by atoms with E-state index in [1.165, 1.54) is 6.92 Å². The Labute approximate surface area is 198 Å². The largest absolute Gasteiger partial charge is 0.481 e. The molecule has 0 aliphatic rings. The molecule has 0 bridgehead atoms. The molecule has 0 saturated carbocycles. The zero-order valence-corrected chi connectivity index (χ0v) is 19.6. The van der Waals surface area contributed by atoms with Gasteiger partial charge in [-0.15, -0.1) is 0 Å². The van der Waals surface area contributed by atoms with E-state index in [9.17, 15) is 29.1 Å². The first-order valence-electron chi connectivity index (χ1n) is 11.1. The number of carbonyl (C=O) groups excluding carboxylic acids is 3. The fourth-order valence-electron chi connectivity index (χ4n) is 3.10. The number of carboxylic acid groups (broad SMARTS) is 2. The van der Waals surface area contributed by atoms with Crippen molar-refractivity contribution >= 4 is 29.7 Å². The SMILES string of the molecule is CCC(C)C(NC(=O)C(Cc1ccccc1)NC(=O)C(C)N)C(=O)NC(CCC(=O)O)C(=O)O. The van der Waals surface area contributed by atoms with Gasteiger partial charge in [-0.25, -0.2) is 4.79 Å². The fourth-order valence-corrected chi connectivity index (χ4v) is 3.10. The molecule has 0 aliphatic heterocycles. The molecular formula is C23H34N4O7. The number of rotatable bonds is 14. The van der Waals surface area contributed by atoms with Gasteiger partial charge in [-0.2, -0.15) is 0 Å². The third kappa shape index (κ3) is 9.57. The van der Waals surface area contributed by atoms with Gasteiger partial charge in [-0.3, -0.25) is 19.2 Å². The maximum atomic E-state index is 13.1. The van der Waals surface area contributed by atoms with Crippen LogP contribution >= 0.6 is 0 Å². The zero-order chi connectivity index (χ0) is 25.8. The second kappa shape index (κ2) is 13.9. The minimum Gasteiger partial charge on any atom is -0.481 e. The molecular weight excluding hydrogens is 444 g/mol. The van der Waals surface area contributed by atoms with Crippen molar-refractivity contribution in [1.82, 2.24) is 16.0 Å². The Morgan fingerprint density at radius 3 is 1.97 bits per heavy atom. The maximum Gasteiger partial charge on any atom is 0.326 e. The third-order valence-corrected chi connectivity index (χ3v) is 5.38. The van der Waals surface area contributed by atoms with Crippen molar-refractivity contribution in [1.29, 1.82) is 0 Å². The van der Waals surface area contributed by atoms with E-state index in [1.807, 2.05) is 6.07 Å². The van der Waals surface area contributed by atoms with Crippen LogP contribution in [0.2, 0.25) is 0 Å². The van der Waals surface area contributed by atoms with Crippen LogP contribution in [0.3, 0.4) is 0 Å². The Morgan fingerprint density at radius 2 is 1.47 bits per heavy atom. The first kappa shape index (κ1) is 28.6. The number of amides is 3. The highest BCUT2D eigenvalue weighted by Gasteiger charge is 2.32. The second-order valence-corrected chi connectivity index (χ2v) is 8.24. The van der Waals surface area contributed by atoms with Gasteiger partial charge in [0, 0.05) is 12.8 Å². The lowest BCUT2D eigenvalue weighted by atomic mass is 9.96. The standard InChI is InChI=1S/C23H34N4O7/c1-4-13(2)19(22(32)25-16(23(33)34)10-11-18(28)29)27-21(31)17(26-20(30)14(3)24)12-15-8-6-5-7-9-15/h5-9,13-14,16-17,19H,4,10-12,24H2,1-3H3,(H,25,32)(H,26,30)(H,27,31)(H,28,29)(H,33,34). The molecule has 0 radical (unpaired) electrons. The number of carboxylic acids is 2. The van der Waals surface area contributed by atoms with E-state index in [-0.39, 0.29) is 18.8 Å². The second-order valence-electron chi connectivity index (χ2n) is 8.24. The molecule has 3 amide bonds. The molecule has 188 valence electrons. The molecule has 34 heavy (non-hydrogen) atoms. The average molecular weight is 479 g/mol. The Bertz CT molecular complexity index is 860. The number of nitrogens with two attached hydrogens (primary N) is 1. The lowest BCUT2D eigenvalue weighted by Gasteiger charge is -2.28. The molecule has 5 atom stereocenters. The normalized spacial score (nSPS) is 15.2. The summed E-state index contributed by atoms with van der Waals surface area (Å²) in [5.41, 5.74) is 6.40. The van der Waals surface area contributed by atoms with Crippen molar-refractivity contribution in [3.63, 3.8) is 0 Å². The lowest BCUT2D eigenvalue weighted by Crippen LogP contribution is -2.59. The van der Waals surface area contributed by atoms with Crippen LogP contribution < -0.4 is 21.7 Å². The minimum absolute atomic E-state index is 0.149. The fraction of sp³-hybridized carbons (Fsp3) is 0.522. The first-order valence-corrected chi connectivity index (χ1v) is 11.1. The molecule has 7 N–H and O–H groups in total. The number of carbonyl (C=O) groups is 5. The molecule has 0 aromatic heterocycles. The van der Waals surface area contributed by atoms with Crippen molar-refractivity contribution in [2.75, 3.05) is 0 Å². The molecule has 0 spiro atoms. The van der Waals surface area contributed by atoms with Gasteiger partial charge in [0.1, 0.15) is 18.1 Å². The highest BCUT2D eigenvalue weighted by Crippen LogP contribution is 2.11. The van der Waals surface area contributed by atoms with Gasteiger partial charge < -0.3 is 31.9 Å². The van der Waals surface area contributed by atoms with E-state index in [0.717, 1.165) is 5.56 Å². The van der Waals surface area contributed by atoms with Crippen molar-refractivity contribution in [3.05, 3.63) is 35.9 Å². The average Bonchev–Trinajstić information content (AvgIpc) is 2.78. The van der Waals surface area contributed by atoms with E-state index in [2.05, 4.69) is 16.0 Å². The van der Waals surface area contributed by atoms with Crippen LogP contribution in [0.4, 0.5) is 0 Å². The Kier molecular flexibility index (Phi) is 11.7. The van der Waals surface area contributed by atoms with E-state index in [0.29, 0.717) is 6.42 Å². The summed E-state index contributed by atoms with van der Waals surface area (Å²) in [7, 11) is 0. The predicted octanol–water partition coefficient (Wildman–Crippen LogP) is 0.0262. The summed E-state index contributed by atoms with van der Waals surface area (Å²) in [4.78, 5) is 60.5. The molecule has 0 fully saturated rings. The molecule has 0 aliphatic carbocycles. The summed E-state index contributed by atoms with van der Waals surface area (Å²) >= 11 is 0. The highest BCUT2D eigenvalue weighted by atomic mass is 16.4.